The Morgan fingerprint density at radius 2 is 2.11 bits per heavy atom. The summed E-state index contributed by atoms with van der Waals surface area (Å²) < 4.78 is 0.913. The summed E-state index contributed by atoms with van der Waals surface area (Å²) in [6.07, 6.45) is 0.115. The molecule has 8 heteroatoms. The number of hydrogen-bond acceptors (Lipinski definition) is 4. The van der Waals surface area contributed by atoms with Crippen LogP contribution >= 0.6 is 15.9 Å². The van der Waals surface area contributed by atoms with Crippen LogP contribution in [0.2, 0.25) is 0 Å². The Morgan fingerprint density at radius 3 is 2.86 bits per heavy atom. The monoisotopic (exact) mass is 442 g/mol. The van der Waals surface area contributed by atoms with E-state index in [2.05, 4.69) is 31.4 Å². The van der Waals surface area contributed by atoms with E-state index in [1.54, 1.807) is 4.90 Å². The highest BCUT2D eigenvalue weighted by Crippen LogP contribution is 2.31. The Labute approximate surface area is 169 Å². The number of H-pyrrole nitrogens is 1. The Balaban J connectivity index is 1.50. The average Bonchev–Trinajstić information content (AvgIpc) is 3.29. The minimum atomic E-state index is -0.499. The molecular formula is C20H19BrN4O3. The van der Waals surface area contributed by atoms with Gasteiger partial charge in [0.1, 0.15) is 0 Å². The molecule has 1 saturated heterocycles. The van der Waals surface area contributed by atoms with Gasteiger partial charge in [0, 0.05) is 22.8 Å². The summed E-state index contributed by atoms with van der Waals surface area (Å²) in [5.41, 5.74) is 1.64. The second-order valence-corrected chi connectivity index (χ2v) is 7.71. The molecule has 3 aromatic rings. The van der Waals surface area contributed by atoms with Gasteiger partial charge in [0.15, 0.2) is 5.82 Å². The topological polar surface area (TPSA) is 98.3 Å². The molecule has 2 atom stereocenters. The average molecular weight is 443 g/mol. The van der Waals surface area contributed by atoms with Crippen LogP contribution in [0.4, 0.5) is 5.82 Å². The van der Waals surface area contributed by atoms with Gasteiger partial charge in [-0.25, -0.2) is 0 Å². The molecular weight excluding hydrogens is 424 g/mol. The van der Waals surface area contributed by atoms with Crippen LogP contribution in [-0.4, -0.2) is 40.3 Å². The van der Waals surface area contributed by atoms with Crippen LogP contribution in [0.5, 0.6) is 0 Å². The molecule has 0 saturated carbocycles. The van der Waals surface area contributed by atoms with Crippen molar-refractivity contribution in [2.45, 2.75) is 12.5 Å². The van der Waals surface area contributed by atoms with E-state index in [0.29, 0.717) is 5.82 Å². The van der Waals surface area contributed by atoms with E-state index in [1.165, 1.54) is 0 Å². The SMILES string of the molecule is O=C(N[C@H](CO)c1ccccc1)C1CC(=O)N(c2n[nH]c3cc(Br)ccc23)C1. The van der Waals surface area contributed by atoms with Crippen LogP contribution in [0.1, 0.15) is 18.0 Å². The third kappa shape index (κ3) is 3.53. The number of carbonyl (C=O) groups excluding carboxylic acids is 2. The molecule has 1 aromatic heterocycles. The molecule has 1 unspecified atom stereocenters. The molecule has 2 amide bonds. The number of benzene rings is 2. The van der Waals surface area contributed by atoms with Crippen LogP contribution in [-0.2, 0) is 9.59 Å². The molecule has 0 aliphatic carbocycles. The lowest BCUT2D eigenvalue weighted by Crippen LogP contribution is -2.37. The first kappa shape index (κ1) is 18.6. The van der Waals surface area contributed by atoms with Gasteiger partial charge in [0.2, 0.25) is 11.8 Å². The molecule has 7 nitrogen and oxygen atoms in total. The van der Waals surface area contributed by atoms with Crippen LogP contribution in [0.15, 0.2) is 53.0 Å². The second kappa shape index (κ2) is 7.73. The maximum Gasteiger partial charge on any atom is 0.229 e. The standard InChI is InChI=1S/C20H19BrN4O3/c21-14-6-7-15-16(9-14)23-24-19(15)25-10-13(8-18(25)27)20(28)22-17(11-26)12-4-2-1-3-5-12/h1-7,9,13,17,26H,8,10-11H2,(H,22,28)(H,23,24)/t13?,17-/m1/s1. The molecule has 28 heavy (non-hydrogen) atoms. The maximum atomic E-state index is 12.7. The zero-order valence-corrected chi connectivity index (χ0v) is 16.5. The second-order valence-electron chi connectivity index (χ2n) is 6.80. The summed E-state index contributed by atoms with van der Waals surface area (Å²) in [5, 5.41) is 20.5. The summed E-state index contributed by atoms with van der Waals surface area (Å²) in [7, 11) is 0. The molecule has 1 aliphatic rings. The van der Waals surface area contributed by atoms with E-state index in [1.807, 2.05) is 48.5 Å². The number of nitrogens with one attached hydrogen (secondary N) is 2. The predicted octanol–water partition coefficient (Wildman–Crippen LogP) is 2.53. The number of carbonyl (C=O) groups is 2. The molecule has 144 valence electrons. The van der Waals surface area contributed by atoms with Crippen molar-refractivity contribution in [2.24, 2.45) is 5.92 Å². The van der Waals surface area contributed by atoms with Crippen molar-refractivity contribution in [1.29, 1.82) is 0 Å². The summed E-state index contributed by atoms with van der Waals surface area (Å²) >= 11 is 3.41. The Hall–Kier alpha value is -2.71. The molecule has 2 aromatic carbocycles. The van der Waals surface area contributed by atoms with Gasteiger partial charge in [-0.15, -0.1) is 0 Å². The van der Waals surface area contributed by atoms with E-state index < -0.39 is 12.0 Å². The van der Waals surface area contributed by atoms with Gasteiger partial charge in [-0.1, -0.05) is 46.3 Å². The summed E-state index contributed by atoms with van der Waals surface area (Å²) in [4.78, 5) is 26.8. The van der Waals surface area contributed by atoms with Crippen LogP contribution in [0.25, 0.3) is 10.9 Å². The van der Waals surface area contributed by atoms with Crippen LogP contribution in [0, 0.1) is 5.92 Å². The number of halogens is 1. The largest absolute Gasteiger partial charge is 0.394 e. The summed E-state index contributed by atoms with van der Waals surface area (Å²) in [5.74, 6) is -0.352. The van der Waals surface area contributed by atoms with Crippen LogP contribution in [0.3, 0.4) is 0 Å². The number of aromatic amines is 1. The summed E-state index contributed by atoms with van der Waals surface area (Å²) in [6.45, 7) is 0.0483. The van der Waals surface area contributed by atoms with Crippen molar-refractivity contribution in [2.75, 3.05) is 18.1 Å². The molecule has 0 spiro atoms. The zero-order chi connectivity index (χ0) is 19.7. The van der Waals surface area contributed by atoms with Crippen molar-refractivity contribution in [3.63, 3.8) is 0 Å². The van der Waals surface area contributed by atoms with E-state index >= 15 is 0 Å². The fraction of sp³-hybridized carbons (Fsp3) is 0.250. The molecule has 0 radical (unpaired) electrons. The fourth-order valence-corrected chi connectivity index (χ4v) is 3.84. The molecule has 1 fully saturated rings. The van der Waals surface area contributed by atoms with E-state index in [-0.39, 0.29) is 31.4 Å². The third-order valence-corrected chi connectivity index (χ3v) is 5.45. The van der Waals surface area contributed by atoms with Gasteiger partial charge in [-0.3, -0.25) is 19.6 Å². The van der Waals surface area contributed by atoms with Crippen molar-refractivity contribution in [3.05, 3.63) is 58.6 Å². The molecule has 3 N–H and O–H groups in total. The predicted molar refractivity (Wildman–Crippen MR) is 109 cm³/mol. The Kier molecular flexibility index (Phi) is 5.15. The number of anilines is 1. The minimum Gasteiger partial charge on any atom is -0.394 e. The van der Waals surface area contributed by atoms with Crippen molar-refractivity contribution in [3.8, 4) is 0 Å². The lowest BCUT2D eigenvalue weighted by molar-refractivity contribution is -0.127. The first-order chi connectivity index (χ1) is 13.6. The van der Waals surface area contributed by atoms with Gasteiger partial charge in [-0.2, -0.15) is 5.10 Å². The highest BCUT2D eigenvalue weighted by Gasteiger charge is 2.37. The highest BCUT2D eigenvalue weighted by molar-refractivity contribution is 9.10. The quantitative estimate of drug-likeness (QED) is 0.565. The van der Waals surface area contributed by atoms with Gasteiger partial charge in [0.25, 0.3) is 0 Å². The zero-order valence-electron chi connectivity index (χ0n) is 14.9. The van der Waals surface area contributed by atoms with E-state index in [9.17, 15) is 14.7 Å². The number of rotatable bonds is 5. The number of aliphatic hydroxyl groups is 1. The maximum absolute atomic E-state index is 12.7. The number of hydrogen-bond donors (Lipinski definition) is 3. The van der Waals surface area contributed by atoms with Gasteiger partial charge in [0.05, 0.1) is 24.1 Å². The van der Waals surface area contributed by atoms with Crippen LogP contribution < -0.4 is 10.2 Å². The molecule has 2 heterocycles. The molecule has 4 rings (SSSR count). The normalized spacial score (nSPS) is 17.9. The van der Waals surface area contributed by atoms with Gasteiger partial charge < -0.3 is 10.4 Å². The lowest BCUT2D eigenvalue weighted by atomic mass is 10.0. The molecule has 1 aliphatic heterocycles. The highest BCUT2D eigenvalue weighted by atomic mass is 79.9. The van der Waals surface area contributed by atoms with E-state index in [4.69, 9.17) is 0 Å². The van der Waals surface area contributed by atoms with Crippen molar-refractivity contribution < 1.29 is 14.7 Å². The number of fused-ring (bicyclic) bond motifs is 1. The smallest absolute Gasteiger partial charge is 0.229 e. The Morgan fingerprint density at radius 1 is 1.32 bits per heavy atom. The minimum absolute atomic E-state index is 0.115. The van der Waals surface area contributed by atoms with Crippen molar-refractivity contribution >= 4 is 44.5 Å². The molecule has 0 bridgehead atoms. The number of nitrogens with zero attached hydrogens (tertiary/aromatic N) is 2. The first-order valence-electron chi connectivity index (χ1n) is 8.97. The lowest BCUT2D eigenvalue weighted by Gasteiger charge is -2.19. The van der Waals surface area contributed by atoms with Gasteiger partial charge >= 0.3 is 0 Å². The number of amides is 2. The van der Waals surface area contributed by atoms with E-state index in [0.717, 1.165) is 20.9 Å². The fourth-order valence-electron chi connectivity index (χ4n) is 3.48. The first-order valence-corrected chi connectivity index (χ1v) is 9.76. The number of aromatic nitrogens is 2. The third-order valence-electron chi connectivity index (χ3n) is 4.96. The Bertz CT molecular complexity index is 1020. The number of aliphatic hydroxyl groups excluding tert-OH is 1. The summed E-state index contributed by atoms with van der Waals surface area (Å²) in [6, 6.07) is 14.4. The van der Waals surface area contributed by atoms with Crippen molar-refractivity contribution in [1.82, 2.24) is 15.5 Å². The van der Waals surface area contributed by atoms with Gasteiger partial charge in [-0.05, 0) is 23.8 Å².